The third-order valence-electron chi connectivity index (χ3n) is 4.57. The first-order valence-corrected chi connectivity index (χ1v) is 11.4. The van der Waals surface area contributed by atoms with Crippen molar-refractivity contribution in [2.75, 3.05) is 40.3 Å². The maximum absolute atomic E-state index is 12.3. The number of piperidine rings is 1. The molecule has 1 fully saturated rings. The summed E-state index contributed by atoms with van der Waals surface area (Å²) in [6.45, 7) is 16.5. The standard InChI is InChI=1S/C15H26N2O4.C6H13N.C3H8/c1-7-21-14(20)11(2)8-9-17(6)13(19)12(16-10-18)15(3,4)5;1-7-5-3-2-4-6-7;1-3-2/h8,10,12H,7,9H2,1-6H3,(H,16,18);2-6H2,1H3;3H2,1-2H3/b11-8+;;. The Morgan fingerprint density at radius 2 is 1.65 bits per heavy atom. The third kappa shape index (κ3) is 15.5. The van der Waals surface area contributed by atoms with E-state index in [4.69, 9.17) is 4.74 Å². The summed E-state index contributed by atoms with van der Waals surface area (Å²) < 4.78 is 4.87. The number of amides is 2. The highest BCUT2D eigenvalue weighted by Gasteiger charge is 2.32. The van der Waals surface area contributed by atoms with Crippen molar-refractivity contribution >= 4 is 18.3 Å². The molecular weight excluding hydrogens is 394 g/mol. The molecule has 0 aromatic heterocycles. The number of likely N-dealkylation sites (tertiary alicyclic amines) is 1. The predicted octanol–water partition coefficient (Wildman–Crippen LogP) is 3.63. The summed E-state index contributed by atoms with van der Waals surface area (Å²) in [5.41, 5.74) is 0.0544. The van der Waals surface area contributed by atoms with E-state index in [2.05, 4.69) is 31.1 Å². The number of nitrogens with one attached hydrogen (secondary N) is 1. The van der Waals surface area contributed by atoms with E-state index in [1.165, 1.54) is 43.7 Å². The van der Waals surface area contributed by atoms with E-state index in [1.54, 1.807) is 27.0 Å². The molecule has 0 aromatic rings. The quantitative estimate of drug-likeness (QED) is 0.371. The summed E-state index contributed by atoms with van der Waals surface area (Å²) in [4.78, 5) is 38.3. The second-order valence-electron chi connectivity index (χ2n) is 8.98. The van der Waals surface area contributed by atoms with Crippen LogP contribution in [0.5, 0.6) is 0 Å². The molecule has 1 unspecified atom stereocenters. The lowest BCUT2D eigenvalue weighted by molar-refractivity contribution is -0.138. The van der Waals surface area contributed by atoms with Gasteiger partial charge in [0.25, 0.3) is 0 Å². The summed E-state index contributed by atoms with van der Waals surface area (Å²) in [6.07, 6.45) is 7.69. The molecule has 31 heavy (non-hydrogen) atoms. The van der Waals surface area contributed by atoms with E-state index in [-0.39, 0.29) is 12.5 Å². The van der Waals surface area contributed by atoms with Crippen LogP contribution in [0.15, 0.2) is 11.6 Å². The maximum atomic E-state index is 12.3. The average molecular weight is 442 g/mol. The molecule has 0 aromatic carbocycles. The van der Waals surface area contributed by atoms with E-state index < -0.39 is 17.4 Å². The smallest absolute Gasteiger partial charge is 0.333 e. The van der Waals surface area contributed by atoms with Gasteiger partial charge < -0.3 is 19.9 Å². The van der Waals surface area contributed by atoms with Gasteiger partial charge in [-0.15, -0.1) is 0 Å². The Kier molecular flexibility index (Phi) is 17.9. The van der Waals surface area contributed by atoms with Crippen molar-refractivity contribution in [2.24, 2.45) is 5.41 Å². The van der Waals surface area contributed by atoms with Crippen LogP contribution in [-0.2, 0) is 19.1 Å². The minimum Gasteiger partial charge on any atom is -0.463 e. The fourth-order valence-electron chi connectivity index (χ4n) is 2.72. The van der Waals surface area contributed by atoms with Crippen LogP contribution in [0.4, 0.5) is 0 Å². The molecule has 2 amide bonds. The zero-order valence-corrected chi connectivity index (χ0v) is 21.4. The van der Waals surface area contributed by atoms with Crippen molar-refractivity contribution in [3.8, 4) is 0 Å². The number of carbonyl (C=O) groups excluding carboxylic acids is 3. The molecule has 182 valence electrons. The van der Waals surface area contributed by atoms with E-state index in [0.29, 0.717) is 18.6 Å². The van der Waals surface area contributed by atoms with Crippen molar-refractivity contribution in [3.05, 3.63) is 11.6 Å². The molecule has 0 radical (unpaired) electrons. The highest BCUT2D eigenvalue weighted by atomic mass is 16.5. The van der Waals surface area contributed by atoms with Crippen LogP contribution in [0.1, 0.15) is 74.1 Å². The maximum Gasteiger partial charge on any atom is 0.333 e. The number of hydrogen-bond donors (Lipinski definition) is 1. The average Bonchev–Trinajstić information content (AvgIpc) is 2.70. The number of rotatable bonds is 7. The zero-order chi connectivity index (χ0) is 24.4. The summed E-state index contributed by atoms with van der Waals surface area (Å²) in [6, 6.07) is -0.615. The van der Waals surface area contributed by atoms with Gasteiger partial charge in [0.15, 0.2) is 0 Å². The first kappa shape index (κ1) is 31.3. The number of nitrogens with zero attached hydrogens (tertiary/aromatic N) is 2. The number of likely N-dealkylation sites (N-methyl/N-ethyl adjacent to an activating group) is 1. The van der Waals surface area contributed by atoms with Gasteiger partial charge in [0.1, 0.15) is 6.04 Å². The third-order valence-corrected chi connectivity index (χ3v) is 4.57. The lowest BCUT2D eigenvalue weighted by Gasteiger charge is -2.32. The fraction of sp³-hybridized carbons (Fsp3) is 0.792. The molecule has 1 atom stereocenters. The topological polar surface area (TPSA) is 79.0 Å². The van der Waals surface area contributed by atoms with Crippen LogP contribution in [0, 0.1) is 5.41 Å². The van der Waals surface area contributed by atoms with E-state index >= 15 is 0 Å². The molecule has 7 nitrogen and oxygen atoms in total. The van der Waals surface area contributed by atoms with Crippen molar-refractivity contribution in [3.63, 3.8) is 0 Å². The van der Waals surface area contributed by atoms with Crippen molar-refractivity contribution < 1.29 is 19.1 Å². The molecule has 1 aliphatic rings. The van der Waals surface area contributed by atoms with E-state index in [9.17, 15) is 14.4 Å². The lowest BCUT2D eigenvalue weighted by Crippen LogP contribution is -2.51. The molecular formula is C24H47N3O4. The van der Waals surface area contributed by atoms with Gasteiger partial charge in [-0.25, -0.2) is 4.79 Å². The van der Waals surface area contributed by atoms with Gasteiger partial charge in [-0.05, 0) is 52.2 Å². The Hall–Kier alpha value is -1.89. The second kappa shape index (κ2) is 17.8. The Balaban J connectivity index is 0. The van der Waals surface area contributed by atoms with Crippen LogP contribution < -0.4 is 5.32 Å². The minimum absolute atomic E-state index is 0.206. The second-order valence-corrected chi connectivity index (χ2v) is 8.98. The minimum atomic E-state index is -0.615. The fourth-order valence-corrected chi connectivity index (χ4v) is 2.72. The van der Waals surface area contributed by atoms with Crippen molar-refractivity contribution in [1.29, 1.82) is 0 Å². The van der Waals surface area contributed by atoms with Gasteiger partial charge >= 0.3 is 5.97 Å². The predicted molar refractivity (Wildman–Crippen MR) is 128 cm³/mol. The number of ether oxygens (including phenoxy) is 1. The molecule has 1 rings (SSSR count). The monoisotopic (exact) mass is 441 g/mol. The molecule has 0 spiro atoms. The van der Waals surface area contributed by atoms with E-state index in [1.807, 2.05) is 20.8 Å². The molecule has 1 heterocycles. The summed E-state index contributed by atoms with van der Waals surface area (Å²) >= 11 is 0. The molecule has 1 N–H and O–H groups in total. The highest BCUT2D eigenvalue weighted by molar-refractivity contribution is 5.88. The normalized spacial score (nSPS) is 15.3. The summed E-state index contributed by atoms with van der Waals surface area (Å²) in [5.74, 6) is -0.598. The van der Waals surface area contributed by atoms with Crippen molar-refractivity contribution in [1.82, 2.24) is 15.1 Å². The van der Waals surface area contributed by atoms with Gasteiger partial charge in [-0.2, -0.15) is 0 Å². The largest absolute Gasteiger partial charge is 0.463 e. The molecule has 1 saturated heterocycles. The van der Waals surface area contributed by atoms with Crippen LogP contribution in [0.2, 0.25) is 0 Å². The number of carbonyl (C=O) groups is 3. The Bertz CT molecular complexity index is 535. The first-order valence-electron chi connectivity index (χ1n) is 11.4. The van der Waals surface area contributed by atoms with Gasteiger partial charge in [0, 0.05) is 19.2 Å². The number of esters is 1. The van der Waals surface area contributed by atoms with Crippen LogP contribution >= 0.6 is 0 Å². The number of hydrogen-bond acceptors (Lipinski definition) is 5. The Morgan fingerprint density at radius 3 is 2.00 bits per heavy atom. The molecule has 0 aliphatic carbocycles. The van der Waals surface area contributed by atoms with E-state index in [0.717, 1.165) is 0 Å². The highest BCUT2D eigenvalue weighted by Crippen LogP contribution is 2.20. The lowest BCUT2D eigenvalue weighted by atomic mass is 9.86. The van der Waals surface area contributed by atoms with Crippen LogP contribution in [0.3, 0.4) is 0 Å². The first-order chi connectivity index (χ1) is 14.5. The molecule has 0 bridgehead atoms. The van der Waals surface area contributed by atoms with Gasteiger partial charge in [-0.3, -0.25) is 9.59 Å². The summed E-state index contributed by atoms with van der Waals surface area (Å²) in [7, 11) is 3.82. The van der Waals surface area contributed by atoms with Gasteiger partial charge in [0.05, 0.1) is 6.61 Å². The summed E-state index contributed by atoms with van der Waals surface area (Å²) in [5, 5.41) is 2.55. The molecule has 0 saturated carbocycles. The molecule has 7 heteroatoms. The zero-order valence-electron chi connectivity index (χ0n) is 21.4. The Labute approximate surface area is 190 Å². The van der Waals surface area contributed by atoms with Gasteiger partial charge in [-0.1, -0.05) is 53.5 Å². The van der Waals surface area contributed by atoms with Crippen LogP contribution in [0.25, 0.3) is 0 Å². The van der Waals surface area contributed by atoms with Crippen LogP contribution in [-0.4, -0.2) is 74.5 Å². The van der Waals surface area contributed by atoms with Crippen molar-refractivity contribution in [2.45, 2.75) is 80.2 Å². The Morgan fingerprint density at radius 1 is 1.13 bits per heavy atom. The SMILES string of the molecule is CCC.CCOC(=O)/C(C)=C/CN(C)C(=O)C(NC=O)C(C)(C)C.CN1CCCCC1. The molecule has 1 aliphatic heterocycles. The van der Waals surface area contributed by atoms with Gasteiger partial charge in [0.2, 0.25) is 12.3 Å².